The third kappa shape index (κ3) is 1.94. The molecule has 1 N–H and O–H groups in total. The summed E-state index contributed by atoms with van der Waals surface area (Å²) in [5, 5.41) is 3.32. The van der Waals surface area contributed by atoms with Gasteiger partial charge >= 0.3 is 0 Å². The molecule has 0 aromatic carbocycles. The molecule has 11 heavy (non-hydrogen) atoms. The molecule has 4 nitrogen and oxygen atoms in total. The fraction of sp³-hybridized carbons (Fsp3) is 0.571. The Balaban J connectivity index is 1.85. The Morgan fingerprint density at radius 2 is 2.09 bits per heavy atom. The lowest BCUT2D eigenvalue weighted by molar-refractivity contribution is 0.653. The molecule has 0 radical (unpaired) electrons. The van der Waals surface area contributed by atoms with Gasteiger partial charge in [0.2, 0.25) is 0 Å². The largest absolute Gasteiger partial charge is 0.307 e. The van der Waals surface area contributed by atoms with Crippen molar-refractivity contribution in [1.82, 2.24) is 20.3 Å². The molecule has 1 saturated carbocycles. The molecule has 0 aliphatic heterocycles. The predicted molar refractivity (Wildman–Crippen MR) is 39.7 cm³/mol. The number of nitrogens with zero attached hydrogens (tertiary/aromatic N) is 3. The Hall–Kier alpha value is -1.03. The summed E-state index contributed by atoms with van der Waals surface area (Å²) in [7, 11) is 0. The molecule has 2 rings (SSSR count). The van der Waals surface area contributed by atoms with Gasteiger partial charge in [-0.15, -0.1) is 0 Å². The summed E-state index contributed by atoms with van der Waals surface area (Å²) in [6.45, 7) is 0.771. The number of aromatic nitrogens is 3. The van der Waals surface area contributed by atoms with Crippen LogP contribution in [0.1, 0.15) is 18.7 Å². The van der Waals surface area contributed by atoms with Gasteiger partial charge in [-0.1, -0.05) is 0 Å². The van der Waals surface area contributed by atoms with Gasteiger partial charge in [0.05, 0.1) is 6.54 Å². The molecule has 0 bridgehead atoms. The van der Waals surface area contributed by atoms with E-state index in [4.69, 9.17) is 0 Å². The molecule has 0 saturated heterocycles. The number of nitrogens with one attached hydrogen (secondary N) is 1. The zero-order valence-corrected chi connectivity index (χ0v) is 6.20. The van der Waals surface area contributed by atoms with Crippen molar-refractivity contribution in [1.29, 1.82) is 0 Å². The van der Waals surface area contributed by atoms with Crippen LogP contribution in [0.3, 0.4) is 0 Å². The van der Waals surface area contributed by atoms with Crippen LogP contribution in [0.25, 0.3) is 0 Å². The van der Waals surface area contributed by atoms with Gasteiger partial charge in [-0.25, -0.2) is 15.0 Å². The quantitative estimate of drug-likeness (QED) is 0.665. The van der Waals surface area contributed by atoms with Crippen LogP contribution in [0.15, 0.2) is 12.7 Å². The number of hydrogen-bond donors (Lipinski definition) is 1. The van der Waals surface area contributed by atoms with E-state index in [0.29, 0.717) is 6.04 Å². The zero-order chi connectivity index (χ0) is 7.52. The fourth-order valence-corrected chi connectivity index (χ4v) is 0.877. The van der Waals surface area contributed by atoms with Gasteiger partial charge in [0.15, 0.2) is 0 Å². The second kappa shape index (κ2) is 2.92. The van der Waals surface area contributed by atoms with Crippen molar-refractivity contribution in [3.63, 3.8) is 0 Å². The van der Waals surface area contributed by atoms with Crippen molar-refractivity contribution in [2.24, 2.45) is 0 Å². The van der Waals surface area contributed by atoms with Gasteiger partial charge < -0.3 is 5.32 Å². The summed E-state index contributed by atoms with van der Waals surface area (Å²) < 4.78 is 0. The van der Waals surface area contributed by atoms with E-state index in [-0.39, 0.29) is 0 Å². The summed E-state index contributed by atoms with van der Waals surface area (Å²) in [6.07, 6.45) is 5.64. The summed E-state index contributed by atoms with van der Waals surface area (Å²) in [4.78, 5) is 11.7. The highest BCUT2D eigenvalue weighted by Gasteiger charge is 2.20. The molecule has 0 unspecified atom stereocenters. The summed E-state index contributed by atoms with van der Waals surface area (Å²) in [6, 6.07) is 0.715. The van der Waals surface area contributed by atoms with Gasteiger partial charge in [0, 0.05) is 6.04 Å². The van der Waals surface area contributed by atoms with E-state index in [1.807, 2.05) is 0 Å². The molecule has 0 spiro atoms. The zero-order valence-electron chi connectivity index (χ0n) is 6.20. The molecule has 0 atom stereocenters. The second-order valence-electron chi connectivity index (χ2n) is 2.71. The van der Waals surface area contributed by atoms with Crippen molar-refractivity contribution in [2.75, 3.05) is 0 Å². The van der Waals surface area contributed by atoms with Gasteiger partial charge in [-0.05, 0) is 12.8 Å². The number of hydrogen-bond acceptors (Lipinski definition) is 4. The Kier molecular flexibility index (Phi) is 1.77. The Morgan fingerprint density at radius 1 is 1.36 bits per heavy atom. The standard InChI is InChI=1S/C7H10N4/c1-2-6(1)9-3-7-10-4-8-5-11-7/h4-6,9H,1-3H2. The second-order valence-corrected chi connectivity index (χ2v) is 2.71. The third-order valence-corrected chi connectivity index (χ3v) is 1.67. The number of rotatable bonds is 3. The Morgan fingerprint density at radius 3 is 2.73 bits per heavy atom. The van der Waals surface area contributed by atoms with E-state index in [9.17, 15) is 0 Å². The van der Waals surface area contributed by atoms with Crippen LogP contribution >= 0.6 is 0 Å². The summed E-state index contributed by atoms with van der Waals surface area (Å²) in [5.41, 5.74) is 0. The lowest BCUT2D eigenvalue weighted by Gasteiger charge is -1.98. The minimum Gasteiger partial charge on any atom is -0.307 e. The van der Waals surface area contributed by atoms with E-state index < -0.39 is 0 Å². The van der Waals surface area contributed by atoms with Crippen LogP contribution in [0.2, 0.25) is 0 Å². The smallest absolute Gasteiger partial charge is 0.145 e. The van der Waals surface area contributed by atoms with Crippen LogP contribution in [0.4, 0.5) is 0 Å². The first-order valence-electron chi connectivity index (χ1n) is 3.79. The normalized spacial score (nSPS) is 16.7. The molecular formula is C7H10N4. The van der Waals surface area contributed by atoms with Crippen LogP contribution in [-0.2, 0) is 6.54 Å². The van der Waals surface area contributed by atoms with Crippen LogP contribution in [0.5, 0.6) is 0 Å². The molecule has 1 fully saturated rings. The van der Waals surface area contributed by atoms with E-state index >= 15 is 0 Å². The molecule has 1 aromatic heterocycles. The lowest BCUT2D eigenvalue weighted by atomic mass is 10.5. The van der Waals surface area contributed by atoms with E-state index in [0.717, 1.165) is 12.4 Å². The average molecular weight is 150 g/mol. The molecule has 1 heterocycles. The van der Waals surface area contributed by atoms with Gasteiger partial charge in [-0.3, -0.25) is 0 Å². The maximum absolute atomic E-state index is 3.99. The Bertz CT molecular complexity index is 219. The van der Waals surface area contributed by atoms with Crippen molar-refractivity contribution in [3.05, 3.63) is 18.5 Å². The minimum atomic E-state index is 0.715. The predicted octanol–water partition coefficient (Wildman–Crippen LogP) is 0.124. The summed E-state index contributed by atoms with van der Waals surface area (Å²) in [5.74, 6) is 0.826. The molecule has 1 aliphatic carbocycles. The maximum atomic E-state index is 3.99. The highest BCUT2D eigenvalue weighted by molar-refractivity contribution is 4.86. The van der Waals surface area contributed by atoms with Gasteiger partial charge in [-0.2, -0.15) is 0 Å². The van der Waals surface area contributed by atoms with Crippen LogP contribution in [0, 0.1) is 0 Å². The van der Waals surface area contributed by atoms with Crippen molar-refractivity contribution < 1.29 is 0 Å². The SMILES string of the molecule is c1ncnc(CNC2CC2)n1. The highest BCUT2D eigenvalue weighted by atomic mass is 15.0. The third-order valence-electron chi connectivity index (χ3n) is 1.67. The van der Waals surface area contributed by atoms with E-state index in [1.54, 1.807) is 0 Å². The highest BCUT2D eigenvalue weighted by Crippen LogP contribution is 2.18. The van der Waals surface area contributed by atoms with Crippen molar-refractivity contribution in [3.8, 4) is 0 Å². The fourth-order valence-electron chi connectivity index (χ4n) is 0.877. The topological polar surface area (TPSA) is 50.7 Å². The maximum Gasteiger partial charge on any atom is 0.145 e. The molecular weight excluding hydrogens is 140 g/mol. The van der Waals surface area contributed by atoms with Crippen LogP contribution < -0.4 is 5.32 Å². The first kappa shape index (κ1) is 6.67. The van der Waals surface area contributed by atoms with Gasteiger partial charge in [0.1, 0.15) is 18.5 Å². The van der Waals surface area contributed by atoms with Crippen molar-refractivity contribution >= 4 is 0 Å². The molecule has 58 valence electrons. The molecule has 0 amide bonds. The van der Waals surface area contributed by atoms with E-state index in [1.165, 1.54) is 25.5 Å². The summed E-state index contributed by atoms with van der Waals surface area (Å²) >= 11 is 0. The minimum absolute atomic E-state index is 0.715. The molecule has 1 aromatic rings. The molecule has 1 aliphatic rings. The molecule has 4 heteroatoms. The van der Waals surface area contributed by atoms with Gasteiger partial charge in [0.25, 0.3) is 0 Å². The van der Waals surface area contributed by atoms with Crippen molar-refractivity contribution in [2.45, 2.75) is 25.4 Å². The lowest BCUT2D eigenvalue weighted by Crippen LogP contribution is -2.17. The first-order chi connectivity index (χ1) is 5.45. The monoisotopic (exact) mass is 150 g/mol. The van der Waals surface area contributed by atoms with Crippen LogP contribution in [-0.4, -0.2) is 21.0 Å². The van der Waals surface area contributed by atoms with E-state index in [2.05, 4.69) is 20.3 Å². The average Bonchev–Trinajstić information content (AvgIpc) is 2.86. The Labute approximate surface area is 65.1 Å². The first-order valence-corrected chi connectivity index (χ1v) is 3.79.